The molecule has 35 heavy (non-hydrogen) atoms. The Balaban J connectivity index is 1.68. The van der Waals surface area contributed by atoms with Crippen molar-refractivity contribution in [2.24, 2.45) is 5.92 Å². The lowest BCUT2D eigenvalue weighted by atomic mass is 10.1. The number of carbonyl (C=O) groups is 2. The summed E-state index contributed by atoms with van der Waals surface area (Å²) in [5.41, 5.74) is 2.55. The highest BCUT2D eigenvalue weighted by Gasteiger charge is 2.24. The molecule has 0 radical (unpaired) electrons. The van der Waals surface area contributed by atoms with Crippen LogP contribution in [-0.2, 0) is 11.3 Å². The molecule has 1 aromatic carbocycles. The number of benzene rings is 1. The van der Waals surface area contributed by atoms with E-state index >= 15 is 0 Å². The van der Waals surface area contributed by atoms with E-state index in [0.29, 0.717) is 56.8 Å². The lowest BCUT2D eigenvalue weighted by Crippen LogP contribution is -2.24. The number of carbonyl (C=O) groups excluding carboxylic acids is 2. The molecule has 0 saturated heterocycles. The molecule has 0 atom stereocenters. The first kappa shape index (κ1) is 24.7. The Hall–Kier alpha value is -3.40. The van der Waals surface area contributed by atoms with Crippen LogP contribution in [0.15, 0.2) is 34.2 Å². The Morgan fingerprint density at radius 1 is 1.17 bits per heavy atom. The van der Waals surface area contributed by atoms with Gasteiger partial charge in [0, 0.05) is 12.2 Å². The number of hydrogen-bond acceptors (Lipinski definition) is 7. The maximum atomic E-state index is 13.2. The third kappa shape index (κ3) is 4.62. The van der Waals surface area contributed by atoms with Crippen LogP contribution >= 0.6 is 11.8 Å². The summed E-state index contributed by atoms with van der Waals surface area (Å²) in [5, 5.41) is 9.73. The van der Waals surface area contributed by atoms with Crippen molar-refractivity contribution in [3.63, 3.8) is 0 Å². The third-order valence-electron chi connectivity index (χ3n) is 5.94. The lowest BCUT2D eigenvalue weighted by molar-refractivity contribution is 0.0525. The van der Waals surface area contributed by atoms with Crippen molar-refractivity contribution in [2.45, 2.75) is 52.7 Å². The molecule has 3 heterocycles. The number of para-hydroxylation sites is 1. The Morgan fingerprint density at radius 3 is 2.63 bits per heavy atom. The van der Waals surface area contributed by atoms with Gasteiger partial charge >= 0.3 is 5.97 Å². The van der Waals surface area contributed by atoms with Crippen LogP contribution in [0.1, 0.15) is 59.3 Å². The summed E-state index contributed by atoms with van der Waals surface area (Å²) in [6, 6.07) is 7.35. The monoisotopic (exact) mass is 495 g/mol. The number of aromatic amines is 1. The van der Waals surface area contributed by atoms with Gasteiger partial charge in [0.15, 0.2) is 10.9 Å². The Labute approximate surface area is 206 Å². The molecule has 4 rings (SSSR count). The number of hydrogen-bond donors (Lipinski definition) is 1. The van der Waals surface area contributed by atoms with Crippen molar-refractivity contribution >= 4 is 40.2 Å². The van der Waals surface area contributed by atoms with Crippen molar-refractivity contribution < 1.29 is 14.3 Å². The van der Waals surface area contributed by atoms with Crippen LogP contribution in [0, 0.1) is 19.8 Å². The van der Waals surface area contributed by atoms with E-state index in [1.165, 1.54) is 11.8 Å². The molecule has 1 N–H and O–H groups in total. The third-order valence-corrected chi connectivity index (χ3v) is 6.87. The average Bonchev–Trinajstić information content (AvgIpc) is 3.38. The minimum Gasteiger partial charge on any atom is -0.462 e. The summed E-state index contributed by atoms with van der Waals surface area (Å²) in [4.78, 5) is 41.6. The first-order valence-corrected chi connectivity index (χ1v) is 12.6. The van der Waals surface area contributed by atoms with Gasteiger partial charge in [0.05, 0.1) is 34.5 Å². The molecule has 3 aromatic heterocycles. The SMILES string of the molecule is CCOC(=O)c1c(C)[nH]c(C(=O)CSc2nnc3n(CCC(C)C)c(=O)c4ccccc4n23)c1C. The molecule has 4 aromatic rings. The van der Waals surface area contributed by atoms with E-state index in [4.69, 9.17) is 4.74 Å². The Morgan fingerprint density at radius 2 is 1.91 bits per heavy atom. The largest absolute Gasteiger partial charge is 0.462 e. The Kier molecular flexibility index (Phi) is 7.11. The molecule has 0 fully saturated rings. The molecule has 0 amide bonds. The van der Waals surface area contributed by atoms with Crippen molar-refractivity contribution in [1.82, 2.24) is 24.1 Å². The number of aryl methyl sites for hydroxylation is 2. The highest BCUT2D eigenvalue weighted by atomic mass is 32.2. The zero-order valence-electron chi connectivity index (χ0n) is 20.5. The summed E-state index contributed by atoms with van der Waals surface area (Å²) < 4.78 is 8.62. The Bertz CT molecular complexity index is 1480. The maximum absolute atomic E-state index is 13.2. The van der Waals surface area contributed by atoms with Gasteiger partial charge in [-0.1, -0.05) is 37.7 Å². The highest BCUT2D eigenvalue weighted by Crippen LogP contribution is 2.25. The van der Waals surface area contributed by atoms with Crippen molar-refractivity contribution in [2.75, 3.05) is 12.4 Å². The van der Waals surface area contributed by atoms with E-state index in [9.17, 15) is 14.4 Å². The number of ether oxygens (including phenoxy) is 1. The second-order valence-electron chi connectivity index (χ2n) is 8.83. The predicted octanol–water partition coefficient (Wildman–Crippen LogP) is 4.19. The molecule has 0 spiro atoms. The standard InChI is InChI=1S/C25H29N5O4S/c1-6-34-23(33)20-15(4)21(26-16(20)5)19(31)13-35-25-28-27-24-29(12-11-14(2)3)22(32)17-9-7-8-10-18(17)30(24)25/h7-10,14,26H,6,11-13H2,1-5H3. The van der Waals surface area contributed by atoms with E-state index in [2.05, 4.69) is 29.0 Å². The first-order chi connectivity index (χ1) is 16.7. The van der Waals surface area contributed by atoms with Gasteiger partial charge in [-0.15, -0.1) is 10.2 Å². The summed E-state index contributed by atoms with van der Waals surface area (Å²) in [7, 11) is 0. The minimum atomic E-state index is -0.445. The second-order valence-corrected chi connectivity index (χ2v) is 9.77. The normalized spacial score (nSPS) is 11.6. The van der Waals surface area contributed by atoms with Crippen LogP contribution in [0.5, 0.6) is 0 Å². The van der Waals surface area contributed by atoms with Gasteiger partial charge in [-0.2, -0.15) is 0 Å². The van der Waals surface area contributed by atoms with Crippen molar-refractivity contribution in [1.29, 1.82) is 0 Å². The van der Waals surface area contributed by atoms with Gasteiger partial charge in [0.1, 0.15) is 0 Å². The van der Waals surface area contributed by atoms with Gasteiger partial charge in [-0.3, -0.25) is 18.6 Å². The molecule has 9 nitrogen and oxygen atoms in total. The summed E-state index contributed by atoms with van der Waals surface area (Å²) in [6.07, 6.45) is 0.829. The molecule has 0 aliphatic heterocycles. The van der Waals surface area contributed by atoms with Gasteiger partial charge in [-0.05, 0) is 50.8 Å². The molecular weight excluding hydrogens is 466 g/mol. The van der Waals surface area contributed by atoms with Crippen LogP contribution in [-0.4, -0.2) is 48.3 Å². The van der Waals surface area contributed by atoms with E-state index in [0.717, 1.165) is 6.42 Å². The van der Waals surface area contributed by atoms with Crippen LogP contribution in [0.2, 0.25) is 0 Å². The number of nitrogens with zero attached hydrogens (tertiary/aromatic N) is 4. The molecule has 10 heteroatoms. The summed E-state index contributed by atoms with van der Waals surface area (Å²) >= 11 is 1.24. The zero-order valence-corrected chi connectivity index (χ0v) is 21.4. The number of rotatable bonds is 9. The fourth-order valence-electron chi connectivity index (χ4n) is 4.16. The van der Waals surface area contributed by atoms with E-state index in [1.54, 1.807) is 31.4 Å². The number of esters is 1. The van der Waals surface area contributed by atoms with Crippen molar-refractivity contribution in [3.05, 3.63) is 57.1 Å². The van der Waals surface area contributed by atoms with Gasteiger partial charge < -0.3 is 9.72 Å². The van der Waals surface area contributed by atoms with E-state index < -0.39 is 5.97 Å². The maximum Gasteiger partial charge on any atom is 0.340 e. The number of H-pyrrole nitrogens is 1. The first-order valence-electron chi connectivity index (χ1n) is 11.6. The molecule has 0 aliphatic carbocycles. The van der Waals surface area contributed by atoms with E-state index in [1.807, 2.05) is 22.6 Å². The fraction of sp³-hybridized carbons (Fsp3) is 0.400. The highest BCUT2D eigenvalue weighted by molar-refractivity contribution is 7.99. The molecule has 184 valence electrons. The zero-order chi connectivity index (χ0) is 25.3. The minimum absolute atomic E-state index is 0.0866. The van der Waals surface area contributed by atoms with Gasteiger partial charge in [0.2, 0.25) is 5.78 Å². The van der Waals surface area contributed by atoms with Crippen LogP contribution in [0.3, 0.4) is 0 Å². The second kappa shape index (κ2) is 10.1. The average molecular weight is 496 g/mol. The topological polar surface area (TPSA) is 111 Å². The van der Waals surface area contributed by atoms with Crippen LogP contribution < -0.4 is 5.56 Å². The molecule has 0 aliphatic rings. The predicted molar refractivity (Wildman–Crippen MR) is 135 cm³/mol. The van der Waals surface area contributed by atoms with Gasteiger partial charge in [-0.25, -0.2) is 4.79 Å². The smallest absolute Gasteiger partial charge is 0.340 e. The molecule has 0 saturated carbocycles. The number of Topliss-reactive ketones (excluding diaryl/α,β-unsaturated/α-hetero) is 1. The van der Waals surface area contributed by atoms with Crippen molar-refractivity contribution in [3.8, 4) is 0 Å². The van der Waals surface area contributed by atoms with Gasteiger partial charge in [0.25, 0.3) is 5.56 Å². The number of aromatic nitrogens is 5. The number of ketones is 1. The summed E-state index contributed by atoms with van der Waals surface area (Å²) in [6.45, 7) is 10.2. The summed E-state index contributed by atoms with van der Waals surface area (Å²) in [5.74, 6) is 0.360. The number of nitrogens with one attached hydrogen (secondary N) is 1. The molecular formula is C25H29N5O4S. The van der Waals surface area contributed by atoms with E-state index in [-0.39, 0.29) is 23.7 Å². The number of thioether (sulfide) groups is 1. The lowest BCUT2D eigenvalue weighted by Gasteiger charge is -2.12. The quantitative estimate of drug-likeness (QED) is 0.211. The molecule has 0 unspecified atom stereocenters. The fourth-order valence-corrected chi connectivity index (χ4v) is 4.97. The number of fused-ring (bicyclic) bond motifs is 3. The molecule has 0 bridgehead atoms. The van der Waals surface area contributed by atoms with Crippen LogP contribution in [0.4, 0.5) is 0 Å². The van der Waals surface area contributed by atoms with Crippen LogP contribution in [0.25, 0.3) is 16.7 Å².